The summed E-state index contributed by atoms with van der Waals surface area (Å²) >= 11 is 0. The van der Waals surface area contributed by atoms with E-state index in [1.165, 1.54) is 0 Å². The second-order valence-electron chi connectivity index (χ2n) is 5.21. The summed E-state index contributed by atoms with van der Waals surface area (Å²) < 4.78 is 0. The molecule has 0 aliphatic carbocycles. The summed E-state index contributed by atoms with van der Waals surface area (Å²) in [6.07, 6.45) is 4.27. The molecule has 0 fully saturated rings. The van der Waals surface area contributed by atoms with E-state index < -0.39 is 0 Å². The summed E-state index contributed by atoms with van der Waals surface area (Å²) in [6.45, 7) is 10.7. The van der Waals surface area contributed by atoms with Crippen LogP contribution in [-0.4, -0.2) is 34.6 Å². The molecule has 1 unspecified atom stereocenters. The van der Waals surface area contributed by atoms with Gasteiger partial charge >= 0.3 is 0 Å². The number of nitrogens with two attached hydrogens (primary N) is 2. The molecule has 4 nitrogen and oxygen atoms in total. The van der Waals surface area contributed by atoms with Crippen molar-refractivity contribution in [2.24, 2.45) is 5.73 Å². The van der Waals surface area contributed by atoms with Crippen molar-refractivity contribution < 1.29 is 0 Å². The molecular formula is C14H26N4. The summed E-state index contributed by atoms with van der Waals surface area (Å²) in [5, 5.41) is 0. The van der Waals surface area contributed by atoms with Gasteiger partial charge in [0.15, 0.2) is 0 Å². The maximum Gasteiger partial charge on any atom is 0.0378 e. The largest absolute Gasteiger partial charge is 0.398 e. The molecule has 0 spiro atoms. The number of rotatable bonds is 6. The van der Waals surface area contributed by atoms with Crippen LogP contribution in [0.2, 0.25) is 0 Å². The van der Waals surface area contributed by atoms with E-state index in [9.17, 15) is 0 Å². The van der Waals surface area contributed by atoms with Crippen molar-refractivity contribution in [3.8, 4) is 0 Å². The average molecular weight is 250 g/mol. The topological polar surface area (TPSA) is 68.2 Å². The molecule has 0 aromatic carbocycles. The maximum absolute atomic E-state index is 6.38. The van der Waals surface area contributed by atoms with Crippen LogP contribution in [0.15, 0.2) is 18.5 Å². The third-order valence-electron chi connectivity index (χ3n) is 3.87. The van der Waals surface area contributed by atoms with Crippen molar-refractivity contribution in [2.75, 3.05) is 18.8 Å². The normalized spacial score (nSPS) is 13.9. The molecule has 1 atom stereocenters. The minimum Gasteiger partial charge on any atom is -0.398 e. The molecular weight excluding hydrogens is 224 g/mol. The fraction of sp³-hybridized carbons (Fsp3) is 0.643. The molecule has 102 valence electrons. The highest BCUT2D eigenvalue weighted by molar-refractivity contribution is 5.44. The monoisotopic (exact) mass is 250 g/mol. The van der Waals surface area contributed by atoms with Gasteiger partial charge in [-0.15, -0.1) is 0 Å². The zero-order valence-electron chi connectivity index (χ0n) is 12.0. The van der Waals surface area contributed by atoms with Gasteiger partial charge in [-0.25, -0.2) is 0 Å². The van der Waals surface area contributed by atoms with E-state index >= 15 is 0 Å². The first-order valence-electron chi connectivity index (χ1n) is 6.62. The molecule has 0 aliphatic heterocycles. The summed E-state index contributed by atoms with van der Waals surface area (Å²) in [7, 11) is 0. The molecule has 18 heavy (non-hydrogen) atoms. The van der Waals surface area contributed by atoms with Crippen LogP contribution in [0.5, 0.6) is 0 Å². The van der Waals surface area contributed by atoms with Crippen LogP contribution in [0.4, 0.5) is 5.69 Å². The lowest BCUT2D eigenvalue weighted by Crippen LogP contribution is -2.56. The van der Waals surface area contributed by atoms with Crippen LogP contribution >= 0.6 is 0 Å². The molecule has 0 amide bonds. The minimum atomic E-state index is -0.0498. The standard InChI is InChI=1S/C14H26N4/c1-5-18(6-2)14(3,4)13(16)9-11-10-17-8-7-12(11)15/h7-8,10,13H,5-6,9,16H2,1-4H3,(H2,15,17). The van der Waals surface area contributed by atoms with Crippen molar-refractivity contribution in [3.63, 3.8) is 0 Å². The highest BCUT2D eigenvalue weighted by Crippen LogP contribution is 2.22. The molecule has 1 aromatic heterocycles. The van der Waals surface area contributed by atoms with Crippen LogP contribution in [0, 0.1) is 0 Å². The lowest BCUT2D eigenvalue weighted by Gasteiger charge is -2.42. The fourth-order valence-electron chi connectivity index (χ4n) is 2.37. The molecule has 0 bridgehead atoms. The van der Waals surface area contributed by atoms with E-state index in [2.05, 4.69) is 37.6 Å². The van der Waals surface area contributed by atoms with E-state index in [1.807, 2.05) is 12.3 Å². The molecule has 0 saturated heterocycles. The van der Waals surface area contributed by atoms with Crippen LogP contribution in [0.25, 0.3) is 0 Å². The first-order chi connectivity index (χ1) is 8.43. The molecule has 4 heteroatoms. The number of anilines is 1. The number of hydrogen-bond acceptors (Lipinski definition) is 4. The zero-order chi connectivity index (χ0) is 13.8. The van der Waals surface area contributed by atoms with Crippen molar-refractivity contribution in [2.45, 2.75) is 45.7 Å². The number of likely N-dealkylation sites (N-methyl/N-ethyl adjacent to an activating group) is 1. The Labute approximate surface area is 110 Å². The Morgan fingerprint density at radius 3 is 2.44 bits per heavy atom. The molecule has 1 aromatic rings. The van der Waals surface area contributed by atoms with Crippen LogP contribution < -0.4 is 11.5 Å². The van der Waals surface area contributed by atoms with Gasteiger partial charge in [-0.2, -0.15) is 0 Å². The Balaban J connectivity index is 2.81. The van der Waals surface area contributed by atoms with Gasteiger partial charge in [0, 0.05) is 29.7 Å². The van der Waals surface area contributed by atoms with E-state index in [0.29, 0.717) is 0 Å². The van der Waals surface area contributed by atoms with E-state index in [1.54, 1.807) is 6.20 Å². The predicted molar refractivity (Wildman–Crippen MR) is 77.3 cm³/mol. The number of nitrogens with zero attached hydrogens (tertiary/aromatic N) is 2. The molecule has 0 radical (unpaired) electrons. The van der Waals surface area contributed by atoms with Crippen LogP contribution in [0.3, 0.4) is 0 Å². The molecule has 1 rings (SSSR count). The number of hydrogen-bond donors (Lipinski definition) is 2. The molecule has 4 N–H and O–H groups in total. The van der Waals surface area contributed by atoms with E-state index in [0.717, 1.165) is 30.8 Å². The van der Waals surface area contributed by atoms with Gasteiger partial charge in [0.25, 0.3) is 0 Å². The van der Waals surface area contributed by atoms with Crippen molar-refractivity contribution in [3.05, 3.63) is 24.0 Å². The second-order valence-corrected chi connectivity index (χ2v) is 5.21. The number of pyridine rings is 1. The Morgan fingerprint density at radius 2 is 1.94 bits per heavy atom. The SMILES string of the molecule is CCN(CC)C(C)(C)C(N)Cc1cnccc1N. The first-order valence-corrected chi connectivity index (χ1v) is 6.62. The van der Waals surface area contributed by atoms with Gasteiger partial charge in [0.1, 0.15) is 0 Å². The average Bonchev–Trinajstić information content (AvgIpc) is 2.33. The number of nitrogen functional groups attached to an aromatic ring is 1. The van der Waals surface area contributed by atoms with Gasteiger partial charge in [0.2, 0.25) is 0 Å². The Morgan fingerprint density at radius 1 is 1.33 bits per heavy atom. The van der Waals surface area contributed by atoms with E-state index in [-0.39, 0.29) is 11.6 Å². The Hall–Kier alpha value is -1.13. The summed E-state index contributed by atoms with van der Waals surface area (Å²) in [5.41, 5.74) is 14.1. The van der Waals surface area contributed by atoms with Crippen molar-refractivity contribution in [1.82, 2.24) is 9.88 Å². The third kappa shape index (κ3) is 3.21. The van der Waals surface area contributed by atoms with Crippen molar-refractivity contribution in [1.29, 1.82) is 0 Å². The second kappa shape index (κ2) is 6.16. The van der Waals surface area contributed by atoms with Crippen molar-refractivity contribution >= 4 is 5.69 Å². The van der Waals surface area contributed by atoms with E-state index in [4.69, 9.17) is 11.5 Å². The minimum absolute atomic E-state index is 0.0314. The van der Waals surface area contributed by atoms with Gasteiger partial charge < -0.3 is 11.5 Å². The van der Waals surface area contributed by atoms with Crippen LogP contribution in [0.1, 0.15) is 33.3 Å². The fourth-order valence-corrected chi connectivity index (χ4v) is 2.37. The predicted octanol–water partition coefficient (Wildman–Crippen LogP) is 1.65. The lowest BCUT2D eigenvalue weighted by atomic mass is 9.88. The quantitative estimate of drug-likeness (QED) is 0.805. The molecule has 0 saturated carbocycles. The summed E-state index contributed by atoms with van der Waals surface area (Å²) in [4.78, 5) is 6.50. The zero-order valence-corrected chi connectivity index (χ0v) is 12.0. The van der Waals surface area contributed by atoms with Gasteiger partial charge in [-0.05, 0) is 45.0 Å². The highest BCUT2D eigenvalue weighted by atomic mass is 15.2. The Bertz CT molecular complexity index is 372. The summed E-state index contributed by atoms with van der Waals surface area (Å²) in [5.74, 6) is 0. The molecule has 1 heterocycles. The van der Waals surface area contributed by atoms with Gasteiger partial charge in [-0.3, -0.25) is 9.88 Å². The highest BCUT2D eigenvalue weighted by Gasteiger charge is 2.31. The summed E-state index contributed by atoms with van der Waals surface area (Å²) in [6, 6.07) is 1.86. The molecule has 0 aliphatic rings. The third-order valence-corrected chi connectivity index (χ3v) is 3.87. The van der Waals surface area contributed by atoms with Gasteiger partial charge in [0.05, 0.1) is 0 Å². The smallest absolute Gasteiger partial charge is 0.0378 e. The lowest BCUT2D eigenvalue weighted by molar-refractivity contribution is 0.106. The maximum atomic E-state index is 6.38. The number of aromatic nitrogens is 1. The first kappa shape index (κ1) is 14.9. The Kier molecular flexibility index (Phi) is 5.11. The van der Waals surface area contributed by atoms with Crippen LogP contribution in [-0.2, 0) is 6.42 Å². The van der Waals surface area contributed by atoms with Gasteiger partial charge in [-0.1, -0.05) is 13.8 Å².